The predicted octanol–water partition coefficient (Wildman–Crippen LogP) is 3.54. The van der Waals surface area contributed by atoms with Crippen LogP contribution in [0.4, 0.5) is 5.69 Å². The quantitative estimate of drug-likeness (QED) is 0.858. The van der Waals surface area contributed by atoms with Crippen molar-refractivity contribution in [3.63, 3.8) is 0 Å². The fourth-order valence-corrected chi connectivity index (χ4v) is 2.55. The number of para-hydroxylation sites is 1. The van der Waals surface area contributed by atoms with Crippen LogP contribution in [0.3, 0.4) is 0 Å². The molecule has 1 rings (SSSR count). The van der Waals surface area contributed by atoms with Crippen LogP contribution in [-0.2, 0) is 4.79 Å². The van der Waals surface area contributed by atoms with Crippen LogP contribution in [0.25, 0.3) is 0 Å². The Kier molecular flexibility index (Phi) is 5.46. The third-order valence-corrected chi connectivity index (χ3v) is 3.47. The summed E-state index contributed by atoms with van der Waals surface area (Å²) in [5.74, 6) is -0.0114. The van der Waals surface area contributed by atoms with E-state index >= 15 is 0 Å². The second kappa shape index (κ2) is 6.40. The van der Waals surface area contributed by atoms with Gasteiger partial charge in [0.15, 0.2) is 0 Å². The smallest absolute Gasteiger partial charge is 0.242 e. The van der Waals surface area contributed by atoms with E-state index in [0.717, 1.165) is 14.6 Å². The molecule has 0 aliphatic carbocycles. The van der Waals surface area contributed by atoms with E-state index in [0.29, 0.717) is 0 Å². The molecule has 0 saturated carbocycles. The molecule has 5 heteroatoms. The van der Waals surface area contributed by atoms with Crippen LogP contribution in [0, 0.1) is 0 Å². The van der Waals surface area contributed by atoms with Gasteiger partial charge in [0.2, 0.25) is 5.91 Å². The van der Waals surface area contributed by atoms with Crippen molar-refractivity contribution < 1.29 is 4.79 Å². The van der Waals surface area contributed by atoms with Crippen molar-refractivity contribution in [2.24, 2.45) is 0 Å². The first-order valence-corrected chi connectivity index (χ1v) is 7.01. The Morgan fingerprint density at radius 2 is 1.71 bits per heavy atom. The Morgan fingerprint density at radius 1 is 1.18 bits per heavy atom. The molecule has 0 radical (unpaired) electrons. The first kappa shape index (κ1) is 14.5. The topological polar surface area (TPSA) is 41.1 Å². The van der Waals surface area contributed by atoms with Crippen molar-refractivity contribution in [1.82, 2.24) is 5.32 Å². The molecule has 1 aromatic rings. The second-order valence-electron chi connectivity index (χ2n) is 4.13. The van der Waals surface area contributed by atoms with Crippen LogP contribution in [0.5, 0.6) is 0 Å². The minimum Gasteiger partial charge on any atom is -0.372 e. The summed E-state index contributed by atoms with van der Waals surface area (Å²) in [7, 11) is 0. The summed E-state index contributed by atoms with van der Waals surface area (Å²) >= 11 is 6.90. The van der Waals surface area contributed by atoms with Crippen LogP contribution in [0.2, 0.25) is 0 Å². The molecule has 0 spiro atoms. The maximum absolute atomic E-state index is 11.8. The molecule has 0 aliphatic heterocycles. The van der Waals surface area contributed by atoms with Gasteiger partial charge < -0.3 is 10.6 Å². The molecule has 0 aliphatic rings. The normalized spacial score (nSPS) is 12.4. The summed E-state index contributed by atoms with van der Waals surface area (Å²) in [5.41, 5.74) is 0.888. The number of halogens is 2. The molecule has 94 valence electrons. The predicted molar refractivity (Wildman–Crippen MR) is 78.2 cm³/mol. The monoisotopic (exact) mass is 362 g/mol. The first-order valence-electron chi connectivity index (χ1n) is 5.42. The summed E-state index contributed by atoms with van der Waals surface area (Å²) in [6.07, 6.45) is 0. The molecular weight excluding hydrogens is 348 g/mol. The van der Waals surface area contributed by atoms with Crippen molar-refractivity contribution in [3.05, 3.63) is 27.1 Å². The lowest BCUT2D eigenvalue weighted by Gasteiger charge is -2.18. The maximum atomic E-state index is 11.8. The van der Waals surface area contributed by atoms with Crippen LogP contribution < -0.4 is 10.6 Å². The Labute approximate surface area is 119 Å². The summed E-state index contributed by atoms with van der Waals surface area (Å²) in [5, 5.41) is 6.05. The minimum atomic E-state index is -0.285. The highest BCUT2D eigenvalue weighted by Crippen LogP contribution is 2.30. The van der Waals surface area contributed by atoms with Gasteiger partial charge in [-0.15, -0.1) is 0 Å². The van der Waals surface area contributed by atoms with Crippen molar-refractivity contribution >= 4 is 43.5 Å². The number of anilines is 1. The van der Waals surface area contributed by atoms with Gasteiger partial charge in [-0.05, 0) is 64.8 Å². The van der Waals surface area contributed by atoms with Crippen molar-refractivity contribution in [2.75, 3.05) is 5.32 Å². The fourth-order valence-electron chi connectivity index (χ4n) is 1.33. The lowest BCUT2D eigenvalue weighted by molar-refractivity contribution is -0.122. The van der Waals surface area contributed by atoms with E-state index in [1.807, 2.05) is 39.0 Å². The average Bonchev–Trinajstić information content (AvgIpc) is 2.22. The fraction of sp³-hybridized carbons (Fsp3) is 0.417. The zero-order valence-electron chi connectivity index (χ0n) is 10.1. The molecule has 2 N–H and O–H groups in total. The average molecular weight is 364 g/mol. The summed E-state index contributed by atoms with van der Waals surface area (Å²) in [6.45, 7) is 5.72. The van der Waals surface area contributed by atoms with Gasteiger partial charge in [-0.25, -0.2) is 0 Å². The van der Waals surface area contributed by atoms with Gasteiger partial charge >= 0.3 is 0 Å². The molecule has 0 fully saturated rings. The van der Waals surface area contributed by atoms with Gasteiger partial charge in [0.25, 0.3) is 0 Å². The Morgan fingerprint density at radius 3 is 2.18 bits per heavy atom. The molecule has 1 aromatic carbocycles. The van der Waals surface area contributed by atoms with E-state index < -0.39 is 0 Å². The Balaban J connectivity index is 2.74. The molecule has 0 heterocycles. The lowest BCUT2D eigenvalue weighted by atomic mass is 10.2. The molecule has 3 nitrogen and oxygen atoms in total. The molecule has 0 bridgehead atoms. The molecule has 0 aromatic heterocycles. The number of hydrogen-bond donors (Lipinski definition) is 2. The summed E-state index contributed by atoms with van der Waals surface area (Å²) in [6, 6.07) is 5.65. The van der Waals surface area contributed by atoms with E-state index in [1.165, 1.54) is 0 Å². The summed E-state index contributed by atoms with van der Waals surface area (Å²) in [4.78, 5) is 11.8. The highest BCUT2D eigenvalue weighted by molar-refractivity contribution is 9.11. The number of carbonyl (C=O) groups is 1. The SMILES string of the molecule is CC(C)NC(=O)C(C)Nc1c(Br)cccc1Br. The Hall–Kier alpha value is -0.550. The van der Waals surface area contributed by atoms with Crippen molar-refractivity contribution in [3.8, 4) is 0 Å². The molecule has 1 amide bonds. The molecule has 17 heavy (non-hydrogen) atoms. The first-order chi connectivity index (χ1) is 7.91. The van der Waals surface area contributed by atoms with Crippen LogP contribution in [-0.4, -0.2) is 18.0 Å². The van der Waals surface area contributed by atoms with Gasteiger partial charge in [0.1, 0.15) is 6.04 Å². The summed E-state index contributed by atoms with van der Waals surface area (Å²) < 4.78 is 1.85. The van der Waals surface area contributed by atoms with E-state index in [2.05, 4.69) is 42.5 Å². The largest absolute Gasteiger partial charge is 0.372 e. The van der Waals surface area contributed by atoms with Crippen molar-refractivity contribution in [2.45, 2.75) is 32.9 Å². The standard InChI is InChI=1S/C12H16Br2N2O/c1-7(2)15-12(17)8(3)16-11-9(13)5-4-6-10(11)14/h4-8,16H,1-3H3,(H,15,17). The second-order valence-corrected chi connectivity index (χ2v) is 5.83. The van der Waals surface area contributed by atoms with E-state index in [4.69, 9.17) is 0 Å². The zero-order valence-corrected chi connectivity index (χ0v) is 13.2. The third-order valence-electron chi connectivity index (χ3n) is 2.15. The van der Waals surface area contributed by atoms with Gasteiger partial charge in [-0.1, -0.05) is 6.07 Å². The number of nitrogens with one attached hydrogen (secondary N) is 2. The molecule has 1 unspecified atom stereocenters. The van der Waals surface area contributed by atoms with Gasteiger partial charge in [-0.2, -0.15) is 0 Å². The van der Waals surface area contributed by atoms with Crippen LogP contribution >= 0.6 is 31.9 Å². The van der Waals surface area contributed by atoms with Gasteiger partial charge in [0, 0.05) is 15.0 Å². The van der Waals surface area contributed by atoms with Gasteiger partial charge in [-0.3, -0.25) is 4.79 Å². The minimum absolute atomic E-state index is 0.0114. The molecular formula is C12H16Br2N2O. The van der Waals surface area contributed by atoms with Crippen LogP contribution in [0.15, 0.2) is 27.1 Å². The highest BCUT2D eigenvalue weighted by Gasteiger charge is 2.15. The van der Waals surface area contributed by atoms with E-state index in [1.54, 1.807) is 0 Å². The number of amides is 1. The lowest BCUT2D eigenvalue weighted by Crippen LogP contribution is -2.41. The van der Waals surface area contributed by atoms with E-state index in [9.17, 15) is 4.79 Å². The van der Waals surface area contributed by atoms with E-state index in [-0.39, 0.29) is 18.0 Å². The number of carbonyl (C=O) groups excluding carboxylic acids is 1. The Bertz CT molecular complexity index is 387. The zero-order chi connectivity index (χ0) is 13.0. The number of hydrogen-bond acceptors (Lipinski definition) is 2. The van der Waals surface area contributed by atoms with Gasteiger partial charge in [0.05, 0.1) is 5.69 Å². The van der Waals surface area contributed by atoms with Crippen molar-refractivity contribution in [1.29, 1.82) is 0 Å². The highest BCUT2D eigenvalue weighted by atomic mass is 79.9. The van der Waals surface area contributed by atoms with Crippen LogP contribution in [0.1, 0.15) is 20.8 Å². The number of rotatable bonds is 4. The number of benzene rings is 1. The molecule has 1 atom stereocenters. The molecule has 0 saturated heterocycles. The maximum Gasteiger partial charge on any atom is 0.242 e. The third kappa shape index (κ3) is 4.32.